The number of nitrogens with two attached hydrogens (primary N) is 1. The van der Waals surface area contributed by atoms with Crippen LogP contribution < -0.4 is 10.5 Å². The van der Waals surface area contributed by atoms with Crippen molar-refractivity contribution >= 4 is 21.4 Å². The number of benzene rings is 1. The van der Waals surface area contributed by atoms with Gasteiger partial charge in [0.2, 0.25) is 10.0 Å². The normalized spacial score (nSPS) is 11.6. The molecule has 1 aromatic carbocycles. The first-order valence-corrected chi connectivity index (χ1v) is 7.72. The minimum atomic E-state index is -3.59. The summed E-state index contributed by atoms with van der Waals surface area (Å²) in [5, 5.41) is 3.68. The van der Waals surface area contributed by atoms with Gasteiger partial charge in [0, 0.05) is 6.07 Å². The quantitative estimate of drug-likeness (QED) is 0.842. The van der Waals surface area contributed by atoms with Crippen molar-refractivity contribution in [1.29, 1.82) is 0 Å². The summed E-state index contributed by atoms with van der Waals surface area (Å²) in [6.45, 7) is 5.43. The SMILES string of the molecule is Cc1cc(CS(=O)(=O)Nc2c(N)ccc(C)c2C)no1. The molecule has 0 spiro atoms. The first-order valence-electron chi connectivity index (χ1n) is 6.07. The number of anilines is 2. The zero-order valence-electron chi connectivity index (χ0n) is 11.6. The van der Waals surface area contributed by atoms with E-state index >= 15 is 0 Å². The van der Waals surface area contributed by atoms with E-state index in [-0.39, 0.29) is 5.75 Å². The Labute approximate surface area is 118 Å². The van der Waals surface area contributed by atoms with E-state index in [1.165, 1.54) is 0 Å². The molecule has 0 bridgehead atoms. The molecule has 0 aliphatic heterocycles. The van der Waals surface area contributed by atoms with Crippen LogP contribution >= 0.6 is 0 Å². The summed E-state index contributed by atoms with van der Waals surface area (Å²) in [5.74, 6) is 0.318. The van der Waals surface area contributed by atoms with E-state index in [0.29, 0.717) is 22.8 Å². The predicted octanol–water partition coefficient (Wildman–Crippen LogP) is 2.12. The number of sulfonamides is 1. The zero-order valence-corrected chi connectivity index (χ0v) is 12.4. The Balaban J connectivity index is 2.27. The molecule has 7 heteroatoms. The number of rotatable bonds is 4. The fraction of sp³-hybridized carbons (Fsp3) is 0.308. The number of hydrogen-bond donors (Lipinski definition) is 2. The van der Waals surface area contributed by atoms with Crippen molar-refractivity contribution in [2.24, 2.45) is 0 Å². The average Bonchev–Trinajstić information content (AvgIpc) is 2.74. The highest BCUT2D eigenvalue weighted by Gasteiger charge is 2.17. The molecule has 0 aliphatic carbocycles. The third-order valence-electron chi connectivity index (χ3n) is 3.04. The molecule has 0 saturated heterocycles. The van der Waals surface area contributed by atoms with E-state index < -0.39 is 10.0 Å². The molecule has 6 nitrogen and oxygen atoms in total. The molecule has 20 heavy (non-hydrogen) atoms. The Morgan fingerprint density at radius 3 is 2.60 bits per heavy atom. The molecule has 0 atom stereocenters. The summed E-state index contributed by atoms with van der Waals surface area (Å²) >= 11 is 0. The van der Waals surface area contributed by atoms with Crippen LogP contribution in [-0.4, -0.2) is 13.6 Å². The van der Waals surface area contributed by atoms with Crippen molar-refractivity contribution < 1.29 is 12.9 Å². The maximum Gasteiger partial charge on any atom is 0.238 e. The number of nitrogen functional groups attached to an aromatic ring is 1. The molecule has 0 radical (unpaired) electrons. The number of aryl methyl sites for hydroxylation is 2. The fourth-order valence-corrected chi connectivity index (χ4v) is 3.02. The Bertz CT molecular complexity index is 735. The molecule has 1 aromatic heterocycles. The molecular formula is C13H17N3O3S. The second-order valence-electron chi connectivity index (χ2n) is 4.76. The van der Waals surface area contributed by atoms with Crippen LogP contribution in [0.25, 0.3) is 0 Å². The average molecular weight is 295 g/mol. The van der Waals surface area contributed by atoms with Gasteiger partial charge in [0.05, 0.1) is 11.4 Å². The minimum absolute atomic E-state index is 0.253. The lowest BCUT2D eigenvalue weighted by molar-refractivity contribution is 0.392. The van der Waals surface area contributed by atoms with Crippen LogP contribution in [0.2, 0.25) is 0 Å². The summed E-state index contributed by atoms with van der Waals surface area (Å²) < 4.78 is 31.7. The molecule has 108 valence electrons. The number of nitrogens with zero attached hydrogens (tertiary/aromatic N) is 1. The first kappa shape index (κ1) is 14.4. The van der Waals surface area contributed by atoms with Gasteiger partial charge in [-0.15, -0.1) is 0 Å². The van der Waals surface area contributed by atoms with E-state index in [0.717, 1.165) is 11.1 Å². The van der Waals surface area contributed by atoms with Gasteiger partial charge in [0.15, 0.2) is 0 Å². The molecule has 2 aromatic rings. The molecule has 2 rings (SSSR count). The number of aromatic nitrogens is 1. The van der Waals surface area contributed by atoms with E-state index in [4.69, 9.17) is 10.3 Å². The van der Waals surface area contributed by atoms with Gasteiger partial charge in [0.1, 0.15) is 17.2 Å². The van der Waals surface area contributed by atoms with Gasteiger partial charge < -0.3 is 10.3 Å². The van der Waals surface area contributed by atoms with Gasteiger partial charge >= 0.3 is 0 Å². The van der Waals surface area contributed by atoms with Crippen molar-refractivity contribution in [3.05, 3.63) is 40.8 Å². The van der Waals surface area contributed by atoms with Crippen LogP contribution in [0.3, 0.4) is 0 Å². The Kier molecular flexibility index (Phi) is 3.71. The molecule has 3 N–H and O–H groups in total. The van der Waals surface area contributed by atoms with Crippen molar-refractivity contribution in [3.8, 4) is 0 Å². The van der Waals surface area contributed by atoms with E-state index in [1.54, 1.807) is 19.1 Å². The monoisotopic (exact) mass is 295 g/mol. The highest BCUT2D eigenvalue weighted by molar-refractivity contribution is 7.91. The smallest absolute Gasteiger partial charge is 0.238 e. The lowest BCUT2D eigenvalue weighted by Gasteiger charge is -2.14. The zero-order chi connectivity index (χ0) is 14.9. The third-order valence-corrected chi connectivity index (χ3v) is 4.23. The van der Waals surface area contributed by atoms with E-state index in [2.05, 4.69) is 9.88 Å². The minimum Gasteiger partial charge on any atom is -0.397 e. The number of hydrogen-bond acceptors (Lipinski definition) is 5. The highest BCUT2D eigenvalue weighted by Crippen LogP contribution is 2.27. The van der Waals surface area contributed by atoms with Crippen LogP contribution in [0, 0.1) is 20.8 Å². The van der Waals surface area contributed by atoms with Crippen LogP contribution in [0.15, 0.2) is 22.7 Å². The molecule has 0 unspecified atom stereocenters. The summed E-state index contributed by atoms with van der Waals surface area (Å²) in [6.07, 6.45) is 0. The fourth-order valence-electron chi connectivity index (χ4n) is 1.84. The molecular weight excluding hydrogens is 278 g/mol. The van der Waals surface area contributed by atoms with Crippen molar-refractivity contribution in [2.75, 3.05) is 10.5 Å². The molecule has 0 saturated carbocycles. The Hall–Kier alpha value is -2.02. The molecule has 1 heterocycles. The van der Waals surface area contributed by atoms with Crippen molar-refractivity contribution in [1.82, 2.24) is 5.16 Å². The van der Waals surface area contributed by atoms with Crippen molar-refractivity contribution in [3.63, 3.8) is 0 Å². The lowest BCUT2D eigenvalue weighted by atomic mass is 10.1. The van der Waals surface area contributed by atoms with Crippen molar-refractivity contribution in [2.45, 2.75) is 26.5 Å². The van der Waals surface area contributed by atoms with Gasteiger partial charge in [0.25, 0.3) is 0 Å². The van der Waals surface area contributed by atoms with Crippen LogP contribution in [0.4, 0.5) is 11.4 Å². The van der Waals surface area contributed by atoms with Gasteiger partial charge in [-0.05, 0) is 38.0 Å². The topological polar surface area (TPSA) is 98.2 Å². The molecule has 0 fully saturated rings. The lowest BCUT2D eigenvalue weighted by Crippen LogP contribution is -2.17. The van der Waals surface area contributed by atoms with Crippen LogP contribution in [-0.2, 0) is 15.8 Å². The second-order valence-corrected chi connectivity index (χ2v) is 6.48. The number of nitrogens with one attached hydrogen (secondary N) is 1. The van der Waals surface area contributed by atoms with Crippen LogP contribution in [0.5, 0.6) is 0 Å². The Morgan fingerprint density at radius 2 is 2.00 bits per heavy atom. The summed E-state index contributed by atoms with van der Waals surface area (Å²) in [7, 11) is -3.59. The maximum absolute atomic E-state index is 12.1. The molecule has 0 amide bonds. The largest absolute Gasteiger partial charge is 0.397 e. The van der Waals surface area contributed by atoms with Crippen LogP contribution in [0.1, 0.15) is 22.6 Å². The predicted molar refractivity (Wildman–Crippen MR) is 77.8 cm³/mol. The van der Waals surface area contributed by atoms with Gasteiger partial charge in [-0.3, -0.25) is 4.72 Å². The van der Waals surface area contributed by atoms with Gasteiger partial charge in [-0.1, -0.05) is 11.2 Å². The first-order chi connectivity index (χ1) is 9.28. The van der Waals surface area contributed by atoms with E-state index in [9.17, 15) is 8.42 Å². The maximum atomic E-state index is 12.1. The second kappa shape index (κ2) is 5.16. The third kappa shape index (κ3) is 3.11. The van der Waals surface area contributed by atoms with Gasteiger partial charge in [-0.2, -0.15) is 0 Å². The Morgan fingerprint density at radius 1 is 1.30 bits per heavy atom. The standard InChI is InChI=1S/C13H17N3O3S/c1-8-4-5-12(14)13(10(8)3)16-20(17,18)7-11-6-9(2)19-15-11/h4-6,16H,7,14H2,1-3H3. The summed E-state index contributed by atoms with van der Waals surface area (Å²) in [6, 6.07) is 5.12. The summed E-state index contributed by atoms with van der Waals surface area (Å²) in [4.78, 5) is 0. The molecule has 0 aliphatic rings. The van der Waals surface area contributed by atoms with E-state index in [1.807, 2.05) is 19.9 Å². The van der Waals surface area contributed by atoms with Gasteiger partial charge in [-0.25, -0.2) is 8.42 Å². The summed E-state index contributed by atoms with van der Waals surface area (Å²) in [5.41, 5.74) is 8.79. The highest BCUT2D eigenvalue weighted by atomic mass is 32.2.